The van der Waals surface area contributed by atoms with Crippen LogP contribution in [0.1, 0.15) is 47.9 Å². The van der Waals surface area contributed by atoms with Gasteiger partial charge >= 0.3 is 0 Å². The van der Waals surface area contributed by atoms with E-state index in [1.54, 1.807) is 42.5 Å². The topological polar surface area (TPSA) is 38.3 Å². The van der Waals surface area contributed by atoms with E-state index in [0.717, 1.165) is 18.1 Å². The molecule has 0 aliphatic heterocycles. The second kappa shape index (κ2) is 10.4. The molecule has 31 heavy (non-hydrogen) atoms. The van der Waals surface area contributed by atoms with Gasteiger partial charge in [0, 0.05) is 32.2 Å². The minimum absolute atomic E-state index is 0.00665. The fraction of sp³-hybridized carbons (Fsp3) is 0.208. The van der Waals surface area contributed by atoms with Gasteiger partial charge in [-0.1, -0.05) is 59.9 Å². The Labute approximate surface area is 196 Å². The summed E-state index contributed by atoms with van der Waals surface area (Å²) in [5, 5.41) is 4.24. The molecule has 0 bridgehead atoms. The van der Waals surface area contributed by atoms with Crippen molar-refractivity contribution in [1.82, 2.24) is 5.32 Å². The van der Waals surface area contributed by atoms with Crippen molar-refractivity contribution in [3.8, 4) is 5.75 Å². The molecular weight excluding hydrogens is 460 g/mol. The Kier molecular flexibility index (Phi) is 7.82. The van der Waals surface area contributed by atoms with Gasteiger partial charge in [-0.15, -0.1) is 0 Å². The summed E-state index contributed by atoms with van der Waals surface area (Å²) >= 11 is 18.4. The lowest BCUT2D eigenvalue weighted by Gasteiger charge is -2.22. The lowest BCUT2D eigenvalue weighted by molar-refractivity contribution is 0.0938. The highest BCUT2D eigenvalue weighted by atomic mass is 35.5. The highest BCUT2D eigenvalue weighted by Crippen LogP contribution is 2.35. The zero-order valence-corrected chi connectivity index (χ0v) is 19.2. The quantitative estimate of drug-likeness (QED) is 0.380. The fourth-order valence-corrected chi connectivity index (χ4v) is 3.57. The molecule has 0 spiro atoms. The van der Waals surface area contributed by atoms with Crippen molar-refractivity contribution in [2.45, 2.75) is 32.4 Å². The van der Waals surface area contributed by atoms with Crippen molar-refractivity contribution in [2.24, 2.45) is 0 Å². The van der Waals surface area contributed by atoms with E-state index in [4.69, 9.17) is 39.5 Å². The number of hydrogen-bond donors (Lipinski definition) is 1. The predicted octanol–water partition coefficient (Wildman–Crippen LogP) is 7.48. The zero-order valence-electron chi connectivity index (χ0n) is 17.0. The van der Waals surface area contributed by atoms with Crippen LogP contribution in [-0.4, -0.2) is 11.9 Å². The maximum Gasteiger partial charge on any atom is 0.251 e. The smallest absolute Gasteiger partial charge is 0.251 e. The Morgan fingerprint density at radius 2 is 1.68 bits per heavy atom. The molecule has 0 radical (unpaired) electrons. The van der Waals surface area contributed by atoms with E-state index in [9.17, 15) is 9.18 Å². The molecular formula is C24H21Cl3FNO2. The van der Waals surface area contributed by atoms with Crippen LogP contribution < -0.4 is 10.1 Å². The van der Waals surface area contributed by atoms with Crippen LogP contribution in [0.3, 0.4) is 0 Å². The maximum atomic E-state index is 14.9. The van der Waals surface area contributed by atoms with Gasteiger partial charge in [0.25, 0.3) is 5.91 Å². The molecule has 3 aromatic rings. The highest BCUT2D eigenvalue weighted by Gasteiger charge is 2.22. The van der Waals surface area contributed by atoms with E-state index in [1.165, 1.54) is 12.1 Å². The Bertz CT molecular complexity index is 1070. The summed E-state index contributed by atoms with van der Waals surface area (Å²) in [6.45, 7) is 3.85. The molecule has 0 fully saturated rings. The molecule has 0 aliphatic carbocycles. The van der Waals surface area contributed by atoms with Crippen molar-refractivity contribution in [3.63, 3.8) is 0 Å². The van der Waals surface area contributed by atoms with Crippen LogP contribution in [0.25, 0.3) is 0 Å². The molecule has 0 saturated carbocycles. The normalized spacial score (nSPS) is 12.8. The summed E-state index contributed by atoms with van der Waals surface area (Å²) in [7, 11) is 0. The number of benzene rings is 3. The van der Waals surface area contributed by atoms with E-state index in [-0.39, 0.29) is 23.3 Å². The van der Waals surface area contributed by atoms with Crippen LogP contribution in [0, 0.1) is 5.82 Å². The Hall–Kier alpha value is -2.27. The first-order valence-corrected chi connectivity index (χ1v) is 10.9. The standard InChI is InChI=1S/C24H21Cl3FNO2/c1-3-14(2)29-24(30)16-6-11-22(21(28)12-16)31-23(15-4-7-17(25)8-5-15)19-10-9-18(26)13-20(19)27/h4-14,23H,3H2,1-2H3,(H,29,30). The molecule has 3 aromatic carbocycles. The van der Waals surface area contributed by atoms with Gasteiger partial charge in [0.1, 0.15) is 0 Å². The number of carbonyl (C=O) groups excluding carboxylic acids is 1. The van der Waals surface area contributed by atoms with Crippen LogP contribution in [0.15, 0.2) is 60.7 Å². The summed E-state index contributed by atoms with van der Waals surface area (Å²) in [4.78, 5) is 12.3. The van der Waals surface area contributed by atoms with Crippen LogP contribution in [-0.2, 0) is 0 Å². The van der Waals surface area contributed by atoms with Crippen molar-refractivity contribution < 1.29 is 13.9 Å². The van der Waals surface area contributed by atoms with Crippen molar-refractivity contribution >= 4 is 40.7 Å². The summed E-state index contributed by atoms with van der Waals surface area (Å²) in [6.07, 6.45) is 0.0661. The molecule has 162 valence electrons. The molecule has 0 heterocycles. The maximum absolute atomic E-state index is 14.9. The van der Waals surface area contributed by atoms with Gasteiger partial charge in [-0.2, -0.15) is 0 Å². The highest BCUT2D eigenvalue weighted by molar-refractivity contribution is 6.35. The number of ether oxygens (including phenoxy) is 1. The van der Waals surface area contributed by atoms with Crippen LogP contribution in [0.4, 0.5) is 4.39 Å². The van der Waals surface area contributed by atoms with Crippen molar-refractivity contribution in [2.75, 3.05) is 0 Å². The van der Waals surface area contributed by atoms with Gasteiger partial charge in [-0.25, -0.2) is 4.39 Å². The van der Waals surface area contributed by atoms with E-state index in [2.05, 4.69) is 5.32 Å². The number of carbonyl (C=O) groups is 1. The van der Waals surface area contributed by atoms with Gasteiger partial charge in [0.05, 0.1) is 0 Å². The van der Waals surface area contributed by atoms with Crippen molar-refractivity contribution in [3.05, 3.63) is 98.2 Å². The van der Waals surface area contributed by atoms with Gasteiger partial charge < -0.3 is 10.1 Å². The number of amides is 1. The fourth-order valence-electron chi connectivity index (χ4n) is 2.94. The largest absolute Gasteiger partial charge is 0.478 e. The molecule has 7 heteroatoms. The van der Waals surface area contributed by atoms with E-state index in [1.807, 2.05) is 13.8 Å². The second-order valence-corrected chi connectivity index (χ2v) is 8.42. The van der Waals surface area contributed by atoms with Gasteiger partial charge in [0.2, 0.25) is 0 Å². The van der Waals surface area contributed by atoms with Gasteiger partial charge in [-0.05, 0) is 61.4 Å². The molecule has 0 aromatic heterocycles. The lowest BCUT2D eigenvalue weighted by atomic mass is 10.0. The molecule has 2 atom stereocenters. The molecule has 3 rings (SSSR count). The Morgan fingerprint density at radius 3 is 2.29 bits per heavy atom. The summed E-state index contributed by atoms with van der Waals surface area (Å²) in [5.41, 5.74) is 1.57. The molecule has 1 N–H and O–H groups in total. The van der Waals surface area contributed by atoms with Crippen molar-refractivity contribution in [1.29, 1.82) is 0 Å². The third kappa shape index (κ3) is 5.91. The summed E-state index contributed by atoms with van der Waals surface area (Å²) in [5.74, 6) is -0.998. The molecule has 3 nitrogen and oxygen atoms in total. The van der Waals surface area contributed by atoms with Crippen LogP contribution in [0.5, 0.6) is 5.75 Å². The van der Waals surface area contributed by atoms with Gasteiger partial charge in [0.15, 0.2) is 17.7 Å². The average molecular weight is 481 g/mol. The van der Waals surface area contributed by atoms with Crippen LogP contribution in [0.2, 0.25) is 15.1 Å². The molecule has 0 saturated heterocycles. The third-order valence-electron chi connectivity index (χ3n) is 4.85. The average Bonchev–Trinajstić information content (AvgIpc) is 2.74. The van der Waals surface area contributed by atoms with Gasteiger partial charge in [-0.3, -0.25) is 4.79 Å². The molecule has 0 aliphatic rings. The first kappa shape index (κ1) is 23.4. The first-order chi connectivity index (χ1) is 14.8. The number of rotatable bonds is 7. The Balaban J connectivity index is 1.94. The summed E-state index contributed by atoms with van der Waals surface area (Å²) < 4.78 is 20.9. The van der Waals surface area contributed by atoms with E-state index >= 15 is 0 Å². The lowest BCUT2D eigenvalue weighted by Crippen LogP contribution is -2.31. The number of hydrogen-bond acceptors (Lipinski definition) is 2. The third-order valence-corrected chi connectivity index (χ3v) is 5.66. The monoisotopic (exact) mass is 479 g/mol. The number of nitrogens with one attached hydrogen (secondary N) is 1. The van der Waals surface area contributed by atoms with E-state index < -0.39 is 11.9 Å². The summed E-state index contributed by atoms with van der Waals surface area (Å²) in [6, 6.07) is 16.1. The minimum atomic E-state index is -0.712. The molecule has 1 amide bonds. The zero-order chi connectivity index (χ0) is 22.5. The second-order valence-electron chi connectivity index (χ2n) is 7.14. The predicted molar refractivity (Wildman–Crippen MR) is 124 cm³/mol. The first-order valence-electron chi connectivity index (χ1n) is 9.76. The van der Waals surface area contributed by atoms with E-state index in [0.29, 0.717) is 20.6 Å². The minimum Gasteiger partial charge on any atom is -0.478 e. The molecule has 2 unspecified atom stereocenters. The Morgan fingerprint density at radius 1 is 1.00 bits per heavy atom. The van der Waals surface area contributed by atoms with Crippen LogP contribution >= 0.6 is 34.8 Å². The SMILES string of the molecule is CCC(C)NC(=O)c1ccc(OC(c2ccc(Cl)cc2)c2ccc(Cl)cc2Cl)c(F)c1. The number of halogens is 4.